The van der Waals surface area contributed by atoms with E-state index < -0.39 is 40.3 Å². The van der Waals surface area contributed by atoms with E-state index in [1.807, 2.05) is 0 Å². The first kappa shape index (κ1) is 17.8. The zero-order valence-corrected chi connectivity index (χ0v) is 12.5. The van der Waals surface area contributed by atoms with Gasteiger partial charge in [-0.15, -0.1) is 0 Å². The number of hydrogen-bond donors (Lipinski definition) is 0. The fourth-order valence-electron chi connectivity index (χ4n) is 1.24. The lowest BCUT2D eigenvalue weighted by molar-refractivity contribution is -0.146. The molecule has 0 aromatic rings. The van der Waals surface area contributed by atoms with Crippen molar-refractivity contribution < 1.29 is 27.5 Å². The Kier molecular flexibility index (Phi) is 7.62. The molecule has 0 aliphatic carbocycles. The van der Waals surface area contributed by atoms with E-state index in [2.05, 4.69) is 0 Å². The van der Waals surface area contributed by atoms with Crippen molar-refractivity contribution in [3.8, 4) is 0 Å². The summed E-state index contributed by atoms with van der Waals surface area (Å²) < 4.78 is 34.2. The molecule has 0 aromatic carbocycles. The molecule has 0 rings (SSSR count). The number of esters is 2. The molecule has 0 radical (unpaired) electrons. The molecule has 7 nitrogen and oxygen atoms in total. The van der Waals surface area contributed by atoms with Crippen LogP contribution in [-0.2, 0) is 29.1 Å². The van der Waals surface area contributed by atoms with Crippen molar-refractivity contribution in [1.82, 2.24) is 4.31 Å². The van der Waals surface area contributed by atoms with Gasteiger partial charge in [-0.3, -0.25) is 9.59 Å². The molecule has 0 aliphatic heterocycles. The first-order valence-electron chi connectivity index (χ1n) is 6.05. The lowest BCUT2D eigenvalue weighted by atomic mass is 10.5. The van der Waals surface area contributed by atoms with Gasteiger partial charge in [0.25, 0.3) is 0 Å². The first-order valence-corrected chi connectivity index (χ1v) is 7.56. The minimum Gasteiger partial charge on any atom is -0.465 e. The Morgan fingerprint density at radius 3 is 1.63 bits per heavy atom. The summed E-state index contributed by atoms with van der Waals surface area (Å²) in [5, 5.41) is -0.739. The Hall–Kier alpha value is -1.15. The number of carbonyl (C=O) groups excluding carboxylic acids is 2. The van der Waals surface area contributed by atoms with E-state index in [0.29, 0.717) is 0 Å². The highest BCUT2D eigenvalue weighted by Crippen LogP contribution is 2.09. The summed E-state index contributed by atoms with van der Waals surface area (Å²) in [7, 11) is -3.73. The zero-order chi connectivity index (χ0) is 15.1. The van der Waals surface area contributed by atoms with Crippen LogP contribution in [0.4, 0.5) is 0 Å². The van der Waals surface area contributed by atoms with Crippen molar-refractivity contribution in [1.29, 1.82) is 0 Å². The Balaban J connectivity index is 4.94. The van der Waals surface area contributed by atoms with Crippen molar-refractivity contribution >= 4 is 22.0 Å². The zero-order valence-electron chi connectivity index (χ0n) is 11.7. The monoisotopic (exact) mass is 295 g/mol. The summed E-state index contributed by atoms with van der Waals surface area (Å²) in [5.74, 6) is -1.40. The fraction of sp³-hybridized carbons (Fsp3) is 0.818. The van der Waals surface area contributed by atoms with Gasteiger partial charge in [-0.05, 0) is 27.7 Å². The summed E-state index contributed by atoms with van der Waals surface area (Å²) in [6, 6.07) is 0. The Morgan fingerprint density at radius 1 is 1.00 bits per heavy atom. The van der Waals surface area contributed by atoms with Crippen molar-refractivity contribution in [2.24, 2.45) is 0 Å². The summed E-state index contributed by atoms with van der Waals surface area (Å²) in [6.07, 6.45) is 0. The quantitative estimate of drug-likeness (QED) is 0.592. The van der Waals surface area contributed by atoms with Crippen LogP contribution in [0.5, 0.6) is 0 Å². The molecule has 0 heterocycles. The van der Waals surface area contributed by atoms with Gasteiger partial charge in [0.2, 0.25) is 10.0 Å². The third-order valence-corrected chi connectivity index (χ3v) is 4.35. The van der Waals surface area contributed by atoms with Gasteiger partial charge in [0.15, 0.2) is 0 Å². The molecule has 19 heavy (non-hydrogen) atoms. The highest BCUT2D eigenvalue weighted by atomic mass is 32.2. The van der Waals surface area contributed by atoms with Crippen LogP contribution in [0.1, 0.15) is 27.7 Å². The molecule has 112 valence electrons. The van der Waals surface area contributed by atoms with Crippen LogP contribution in [0.25, 0.3) is 0 Å². The van der Waals surface area contributed by atoms with E-state index in [-0.39, 0.29) is 13.2 Å². The maximum absolute atomic E-state index is 12.0. The third kappa shape index (κ3) is 6.02. The molecule has 0 fully saturated rings. The Bertz CT molecular complexity index is 383. The van der Waals surface area contributed by atoms with Gasteiger partial charge in [-0.1, -0.05) is 0 Å². The minimum atomic E-state index is -3.73. The molecule has 0 atom stereocenters. The second-order valence-corrected chi connectivity index (χ2v) is 6.46. The van der Waals surface area contributed by atoms with Crippen LogP contribution in [-0.4, -0.2) is 56.2 Å². The lowest BCUT2D eigenvalue weighted by Gasteiger charge is -2.22. The molecule has 0 aliphatic rings. The van der Waals surface area contributed by atoms with Gasteiger partial charge in [0.1, 0.15) is 13.1 Å². The average molecular weight is 295 g/mol. The van der Waals surface area contributed by atoms with E-state index in [1.165, 1.54) is 13.8 Å². The van der Waals surface area contributed by atoms with Crippen molar-refractivity contribution in [3.63, 3.8) is 0 Å². The SMILES string of the molecule is CCOC(=O)CN(CC(=O)OCC)S(=O)(=O)C(C)C. The summed E-state index contributed by atoms with van der Waals surface area (Å²) in [5.41, 5.74) is 0. The normalized spacial score (nSPS) is 11.7. The van der Waals surface area contributed by atoms with E-state index in [4.69, 9.17) is 9.47 Å². The molecular formula is C11H21NO6S. The maximum atomic E-state index is 12.0. The van der Waals surface area contributed by atoms with Crippen molar-refractivity contribution in [2.45, 2.75) is 32.9 Å². The van der Waals surface area contributed by atoms with Crippen molar-refractivity contribution in [2.75, 3.05) is 26.3 Å². The first-order chi connectivity index (χ1) is 8.75. The standard InChI is InChI=1S/C11H21NO6S/c1-5-17-10(13)7-12(8-11(14)18-6-2)19(15,16)9(3)4/h9H,5-8H2,1-4H3. The highest BCUT2D eigenvalue weighted by Gasteiger charge is 2.30. The van der Waals surface area contributed by atoms with Gasteiger partial charge < -0.3 is 9.47 Å². The predicted molar refractivity (Wildman–Crippen MR) is 68.9 cm³/mol. The van der Waals surface area contributed by atoms with Gasteiger partial charge in [-0.2, -0.15) is 4.31 Å². The maximum Gasteiger partial charge on any atom is 0.321 e. The second kappa shape index (κ2) is 8.11. The van der Waals surface area contributed by atoms with E-state index in [9.17, 15) is 18.0 Å². The molecule has 0 N–H and O–H groups in total. The molecule has 0 aromatic heterocycles. The second-order valence-electron chi connectivity index (χ2n) is 3.97. The van der Waals surface area contributed by atoms with Gasteiger partial charge in [0.05, 0.1) is 18.5 Å². The predicted octanol–water partition coefficient (Wildman–Crippen LogP) is 0.153. The molecule has 0 saturated heterocycles. The lowest BCUT2D eigenvalue weighted by Crippen LogP contribution is -2.43. The molecule has 0 unspecified atom stereocenters. The Labute approximate surface area is 113 Å². The van der Waals surface area contributed by atoms with E-state index in [1.54, 1.807) is 13.8 Å². The number of carbonyl (C=O) groups is 2. The van der Waals surface area contributed by atoms with E-state index >= 15 is 0 Å². The topological polar surface area (TPSA) is 90.0 Å². The molecule has 0 amide bonds. The Morgan fingerprint density at radius 2 is 1.37 bits per heavy atom. The largest absolute Gasteiger partial charge is 0.465 e. The van der Waals surface area contributed by atoms with Crippen LogP contribution in [0.15, 0.2) is 0 Å². The van der Waals surface area contributed by atoms with Crippen LogP contribution in [0, 0.1) is 0 Å². The van der Waals surface area contributed by atoms with Crippen LogP contribution >= 0.6 is 0 Å². The number of ether oxygens (including phenoxy) is 2. The average Bonchev–Trinajstić information content (AvgIpc) is 2.28. The number of sulfonamides is 1. The molecule has 0 saturated carbocycles. The van der Waals surface area contributed by atoms with Gasteiger partial charge in [-0.25, -0.2) is 8.42 Å². The summed E-state index contributed by atoms with van der Waals surface area (Å²) >= 11 is 0. The van der Waals surface area contributed by atoms with Gasteiger partial charge in [0, 0.05) is 0 Å². The molecular weight excluding hydrogens is 274 g/mol. The van der Waals surface area contributed by atoms with E-state index in [0.717, 1.165) is 4.31 Å². The minimum absolute atomic E-state index is 0.147. The fourth-order valence-corrected chi connectivity index (χ4v) is 2.40. The smallest absolute Gasteiger partial charge is 0.321 e. The van der Waals surface area contributed by atoms with Crippen LogP contribution < -0.4 is 0 Å². The summed E-state index contributed by atoms with van der Waals surface area (Å²) in [4.78, 5) is 22.8. The third-order valence-electron chi connectivity index (χ3n) is 2.18. The van der Waals surface area contributed by atoms with Crippen LogP contribution in [0.3, 0.4) is 0 Å². The van der Waals surface area contributed by atoms with Crippen LogP contribution in [0.2, 0.25) is 0 Å². The van der Waals surface area contributed by atoms with Gasteiger partial charge >= 0.3 is 11.9 Å². The molecule has 0 bridgehead atoms. The highest BCUT2D eigenvalue weighted by molar-refractivity contribution is 7.89. The molecule has 8 heteroatoms. The number of hydrogen-bond acceptors (Lipinski definition) is 6. The molecule has 0 spiro atoms. The number of nitrogens with zero attached hydrogens (tertiary/aromatic N) is 1. The number of rotatable bonds is 8. The summed E-state index contributed by atoms with van der Waals surface area (Å²) in [6.45, 7) is 5.48. The van der Waals surface area contributed by atoms with Crippen molar-refractivity contribution in [3.05, 3.63) is 0 Å².